The van der Waals surface area contributed by atoms with Crippen molar-refractivity contribution in [2.24, 2.45) is 0 Å². The van der Waals surface area contributed by atoms with E-state index in [1.165, 1.54) is 4.68 Å². The van der Waals surface area contributed by atoms with Gasteiger partial charge in [-0.15, -0.1) is 11.3 Å². The highest BCUT2D eigenvalue weighted by Crippen LogP contribution is 2.14. The van der Waals surface area contributed by atoms with Crippen LogP contribution >= 0.6 is 11.3 Å². The van der Waals surface area contributed by atoms with Gasteiger partial charge in [-0.1, -0.05) is 38.0 Å². The molecule has 1 amide bonds. The number of nitrogens with one attached hydrogen (secondary N) is 1. The SMILES string of the molecule is CCCCCn1nc(C(=O)NCCc2csc(C)n2)c2ccccc2c1=O. The zero-order chi connectivity index (χ0) is 19.2. The smallest absolute Gasteiger partial charge is 0.274 e. The van der Waals surface area contributed by atoms with Crippen LogP contribution in [-0.2, 0) is 13.0 Å². The summed E-state index contributed by atoms with van der Waals surface area (Å²) in [6, 6.07) is 7.16. The third kappa shape index (κ3) is 4.60. The van der Waals surface area contributed by atoms with E-state index in [0.717, 1.165) is 30.0 Å². The number of hydrogen-bond acceptors (Lipinski definition) is 5. The van der Waals surface area contributed by atoms with Crippen molar-refractivity contribution in [2.45, 2.75) is 46.1 Å². The average molecular weight is 385 g/mol. The maximum atomic E-state index is 12.7. The van der Waals surface area contributed by atoms with Gasteiger partial charge in [0.1, 0.15) is 0 Å². The van der Waals surface area contributed by atoms with Crippen molar-refractivity contribution < 1.29 is 4.79 Å². The number of hydrogen-bond donors (Lipinski definition) is 1. The average Bonchev–Trinajstić information content (AvgIpc) is 3.09. The van der Waals surface area contributed by atoms with Crippen LogP contribution in [0.2, 0.25) is 0 Å². The molecule has 2 heterocycles. The molecule has 0 bridgehead atoms. The molecule has 3 rings (SSSR count). The molecule has 27 heavy (non-hydrogen) atoms. The Labute approximate surface area is 162 Å². The molecule has 1 aromatic carbocycles. The fourth-order valence-electron chi connectivity index (χ4n) is 2.98. The number of nitrogens with zero attached hydrogens (tertiary/aromatic N) is 3. The van der Waals surface area contributed by atoms with Gasteiger partial charge in [0.05, 0.1) is 16.1 Å². The molecule has 0 aliphatic heterocycles. The van der Waals surface area contributed by atoms with Gasteiger partial charge in [0.2, 0.25) is 0 Å². The maximum Gasteiger partial charge on any atom is 0.274 e. The van der Waals surface area contributed by atoms with Crippen molar-refractivity contribution in [1.29, 1.82) is 0 Å². The molecule has 0 fully saturated rings. The van der Waals surface area contributed by atoms with Gasteiger partial charge in [-0.3, -0.25) is 9.59 Å². The van der Waals surface area contributed by atoms with E-state index in [1.807, 2.05) is 24.4 Å². The predicted octanol–water partition coefficient (Wildman–Crippen LogP) is 3.32. The van der Waals surface area contributed by atoms with Gasteiger partial charge < -0.3 is 5.32 Å². The summed E-state index contributed by atoms with van der Waals surface area (Å²) in [5.41, 5.74) is 1.13. The van der Waals surface area contributed by atoms with Crippen LogP contribution in [0.25, 0.3) is 10.8 Å². The number of amides is 1. The Morgan fingerprint density at radius 1 is 1.22 bits per heavy atom. The van der Waals surface area contributed by atoms with Crippen molar-refractivity contribution in [3.63, 3.8) is 0 Å². The molecule has 0 saturated heterocycles. The number of thiazole rings is 1. The maximum absolute atomic E-state index is 12.7. The Kier molecular flexibility index (Phi) is 6.34. The molecule has 6 nitrogen and oxygen atoms in total. The zero-order valence-electron chi connectivity index (χ0n) is 15.7. The second kappa shape index (κ2) is 8.90. The van der Waals surface area contributed by atoms with Crippen molar-refractivity contribution in [3.05, 3.63) is 56.4 Å². The van der Waals surface area contributed by atoms with Gasteiger partial charge in [-0.05, 0) is 19.4 Å². The molecule has 0 radical (unpaired) electrons. The number of fused-ring (bicyclic) bond motifs is 1. The third-order valence-corrected chi connectivity index (χ3v) is 5.21. The van der Waals surface area contributed by atoms with Gasteiger partial charge in [-0.25, -0.2) is 9.67 Å². The molecule has 1 N–H and O–H groups in total. The number of carbonyl (C=O) groups is 1. The molecule has 0 saturated carbocycles. The first-order valence-corrected chi connectivity index (χ1v) is 10.2. The standard InChI is InChI=1S/C20H24N4O2S/c1-3-4-7-12-24-20(26)17-9-6-5-8-16(17)18(23-24)19(25)21-11-10-15-13-27-14(2)22-15/h5-6,8-9,13H,3-4,7,10-12H2,1-2H3,(H,21,25). The molecular formula is C20H24N4O2S. The highest BCUT2D eigenvalue weighted by Gasteiger charge is 2.16. The van der Waals surface area contributed by atoms with E-state index in [0.29, 0.717) is 36.0 Å². The van der Waals surface area contributed by atoms with E-state index in [2.05, 4.69) is 22.3 Å². The molecule has 0 aliphatic carbocycles. The number of carbonyl (C=O) groups excluding carboxylic acids is 1. The first-order chi connectivity index (χ1) is 13.1. The predicted molar refractivity (Wildman–Crippen MR) is 108 cm³/mol. The summed E-state index contributed by atoms with van der Waals surface area (Å²) >= 11 is 1.60. The summed E-state index contributed by atoms with van der Waals surface area (Å²) in [6.07, 6.45) is 3.62. The number of unbranched alkanes of at least 4 members (excludes halogenated alkanes) is 2. The van der Waals surface area contributed by atoms with Crippen molar-refractivity contribution in [1.82, 2.24) is 20.1 Å². The summed E-state index contributed by atoms with van der Waals surface area (Å²) in [6.45, 7) is 5.08. The van der Waals surface area contributed by atoms with Crippen LogP contribution in [0.4, 0.5) is 0 Å². The van der Waals surface area contributed by atoms with Crippen LogP contribution in [0.5, 0.6) is 0 Å². The van der Waals surface area contributed by atoms with E-state index >= 15 is 0 Å². The lowest BCUT2D eigenvalue weighted by atomic mass is 10.1. The normalized spacial score (nSPS) is 11.0. The molecule has 142 valence electrons. The zero-order valence-corrected chi connectivity index (χ0v) is 16.5. The molecular weight excluding hydrogens is 360 g/mol. The van der Waals surface area contributed by atoms with E-state index in [9.17, 15) is 9.59 Å². The van der Waals surface area contributed by atoms with E-state index in [-0.39, 0.29) is 11.5 Å². The van der Waals surface area contributed by atoms with Gasteiger partial charge in [-0.2, -0.15) is 5.10 Å². The molecule has 0 unspecified atom stereocenters. The van der Waals surface area contributed by atoms with Crippen molar-refractivity contribution in [2.75, 3.05) is 6.54 Å². The minimum Gasteiger partial charge on any atom is -0.350 e. The summed E-state index contributed by atoms with van der Waals surface area (Å²) in [5.74, 6) is -0.262. The molecule has 0 aliphatic rings. The summed E-state index contributed by atoms with van der Waals surface area (Å²) < 4.78 is 1.43. The second-order valence-corrected chi connectivity index (χ2v) is 7.56. The number of benzene rings is 1. The second-order valence-electron chi connectivity index (χ2n) is 6.49. The number of aromatic nitrogens is 3. The van der Waals surface area contributed by atoms with Crippen LogP contribution < -0.4 is 10.9 Å². The first-order valence-electron chi connectivity index (χ1n) is 9.29. The van der Waals surface area contributed by atoms with E-state index < -0.39 is 0 Å². The van der Waals surface area contributed by atoms with E-state index in [1.54, 1.807) is 23.5 Å². The minimum atomic E-state index is -0.262. The Morgan fingerprint density at radius 2 is 2.00 bits per heavy atom. The lowest BCUT2D eigenvalue weighted by Gasteiger charge is -2.11. The van der Waals surface area contributed by atoms with Gasteiger partial charge >= 0.3 is 0 Å². The van der Waals surface area contributed by atoms with Gasteiger partial charge in [0.25, 0.3) is 11.5 Å². The lowest BCUT2D eigenvalue weighted by molar-refractivity contribution is 0.0948. The Bertz CT molecular complexity index is 993. The molecule has 2 aromatic heterocycles. The summed E-state index contributed by atoms with van der Waals surface area (Å²) in [4.78, 5) is 29.8. The quantitative estimate of drug-likeness (QED) is 0.605. The first kappa shape index (κ1) is 19.2. The van der Waals surface area contributed by atoms with Crippen LogP contribution in [0.3, 0.4) is 0 Å². The highest BCUT2D eigenvalue weighted by molar-refractivity contribution is 7.09. The molecule has 0 atom stereocenters. The monoisotopic (exact) mass is 384 g/mol. The third-order valence-electron chi connectivity index (χ3n) is 4.39. The van der Waals surface area contributed by atoms with Crippen molar-refractivity contribution >= 4 is 28.0 Å². The molecule has 3 aromatic rings. The largest absolute Gasteiger partial charge is 0.350 e. The Morgan fingerprint density at radius 3 is 2.70 bits per heavy atom. The number of aryl methyl sites for hydroxylation is 2. The topological polar surface area (TPSA) is 76.9 Å². The fraction of sp³-hybridized carbons (Fsp3) is 0.400. The minimum absolute atomic E-state index is 0.142. The van der Waals surface area contributed by atoms with Crippen LogP contribution in [0.1, 0.15) is 47.4 Å². The summed E-state index contributed by atoms with van der Waals surface area (Å²) in [5, 5.41) is 11.4. The Hall–Kier alpha value is -2.54. The van der Waals surface area contributed by atoms with Crippen LogP contribution in [0.15, 0.2) is 34.4 Å². The highest BCUT2D eigenvalue weighted by atomic mass is 32.1. The molecule has 0 spiro atoms. The van der Waals surface area contributed by atoms with Crippen molar-refractivity contribution in [3.8, 4) is 0 Å². The van der Waals surface area contributed by atoms with Gasteiger partial charge in [0.15, 0.2) is 5.69 Å². The Balaban J connectivity index is 1.81. The lowest BCUT2D eigenvalue weighted by Crippen LogP contribution is -2.31. The van der Waals surface area contributed by atoms with E-state index in [4.69, 9.17) is 0 Å². The van der Waals surface area contributed by atoms with Crippen LogP contribution in [0, 0.1) is 6.92 Å². The summed E-state index contributed by atoms with van der Waals surface area (Å²) in [7, 11) is 0. The van der Waals surface area contributed by atoms with Gasteiger partial charge in [0, 0.05) is 30.3 Å². The molecule has 7 heteroatoms. The number of rotatable bonds is 8. The van der Waals surface area contributed by atoms with Crippen LogP contribution in [-0.4, -0.2) is 27.2 Å². The fourth-order valence-corrected chi connectivity index (χ4v) is 3.62.